The summed E-state index contributed by atoms with van der Waals surface area (Å²) in [6.45, 7) is 6.56. The van der Waals surface area contributed by atoms with Crippen LogP contribution >= 0.6 is 0 Å². The molecule has 0 fully saturated rings. The fraction of sp³-hybridized carbons (Fsp3) is 0.800. The molecule has 0 amide bonds. The van der Waals surface area contributed by atoms with Gasteiger partial charge in [-0.1, -0.05) is 46.5 Å². The monoisotopic (exact) mass is 249 g/mol. The molecular formula is C15H27N3. The molecular weight excluding hydrogens is 222 g/mol. The first-order valence-corrected chi connectivity index (χ1v) is 7.52. The smallest absolute Gasteiger partial charge is 0.132 e. The Morgan fingerprint density at radius 3 is 1.44 bits per heavy atom. The Labute approximate surface area is 111 Å². The van der Waals surface area contributed by atoms with E-state index in [2.05, 4.69) is 35.7 Å². The van der Waals surface area contributed by atoms with E-state index in [-0.39, 0.29) is 0 Å². The van der Waals surface area contributed by atoms with Crippen LogP contribution in [-0.2, 0) is 19.3 Å². The van der Waals surface area contributed by atoms with Crippen LogP contribution in [0, 0.1) is 0 Å². The number of nitrogens with zero attached hydrogens (tertiary/aromatic N) is 3. The van der Waals surface area contributed by atoms with Crippen LogP contribution in [0.15, 0.2) is 0 Å². The maximum absolute atomic E-state index is 4.60. The molecule has 1 heterocycles. The van der Waals surface area contributed by atoms with Gasteiger partial charge in [-0.15, -0.1) is 0 Å². The van der Waals surface area contributed by atoms with Gasteiger partial charge in [-0.3, -0.25) is 0 Å². The van der Waals surface area contributed by atoms with Crippen molar-refractivity contribution in [2.45, 2.75) is 78.6 Å². The maximum Gasteiger partial charge on any atom is 0.132 e. The summed E-state index contributed by atoms with van der Waals surface area (Å²) in [5.74, 6) is 2.96. The van der Waals surface area contributed by atoms with Crippen LogP contribution in [0.3, 0.4) is 0 Å². The van der Waals surface area contributed by atoms with E-state index in [1.165, 1.54) is 38.5 Å². The zero-order valence-electron chi connectivity index (χ0n) is 12.2. The third kappa shape index (κ3) is 5.56. The number of hydrogen-bond acceptors (Lipinski definition) is 3. The minimum Gasteiger partial charge on any atom is -0.218 e. The first-order valence-electron chi connectivity index (χ1n) is 7.52. The zero-order valence-corrected chi connectivity index (χ0v) is 12.2. The summed E-state index contributed by atoms with van der Waals surface area (Å²) in [6, 6.07) is 0. The van der Waals surface area contributed by atoms with E-state index in [0.29, 0.717) is 0 Å². The summed E-state index contributed by atoms with van der Waals surface area (Å²) in [4.78, 5) is 13.7. The van der Waals surface area contributed by atoms with Crippen molar-refractivity contribution in [3.05, 3.63) is 17.5 Å². The molecule has 1 aromatic heterocycles. The lowest BCUT2D eigenvalue weighted by molar-refractivity contribution is 0.648. The molecule has 0 bridgehead atoms. The van der Waals surface area contributed by atoms with Gasteiger partial charge in [0.15, 0.2) is 0 Å². The molecule has 102 valence electrons. The second-order valence-electron chi connectivity index (χ2n) is 4.85. The van der Waals surface area contributed by atoms with Crippen molar-refractivity contribution in [1.82, 2.24) is 15.0 Å². The standard InChI is InChI=1S/C15H27N3/c1-4-7-9-11-14-16-13(6-3)17-15(18-14)12-10-8-5-2/h4-12H2,1-3H3. The van der Waals surface area contributed by atoms with Gasteiger partial charge >= 0.3 is 0 Å². The van der Waals surface area contributed by atoms with Crippen LogP contribution < -0.4 is 0 Å². The maximum atomic E-state index is 4.60. The highest BCUT2D eigenvalue weighted by Crippen LogP contribution is 2.07. The highest BCUT2D eigenvalue weighted by molar-refractivity contribution is 4.98. The summed E-state index contributed by atoms with van der Waals surface area (Å²) >= 11 is 0. The lowest BCUT2D eigenvalue weighted by Crippen LogP contribution is -2.07. The molecule has 0 unspecified atom stereocenters. The highest BCUT2D eigenvalue weighted by Gasteiger charge is 2.05. The summed E-state index contributed by atoms with van der Waals surface area (Å²) < 4.78 is 0. The van der Waals surface area contributed by atoms with E-state index < -0.39 is 0 Å². The van der Waals surface area contributed by atoms with Crippen molar-refractivity contribution < 1.29 is 0 Å². The van der Waals surface area contributed by atoms with Crippen LogP contribution in [0.4, 0.5) is 0 Å². The summed E-state index contributed by atoms with van der Waals surface area (Å²) in [5.41, 5.74) is 0. The largest absolute Gasteiger partial charge is 0.218 e. The number of unbranched alkanes of at least 4 members (excludes halogenated alkanes) is 4. The molecule has 0 aliphatic heterocycles. The zero-order chi connectivity index (χ0) is 13.2. The average Bonchev–Trinajstić information content (AvgIpc) is 2.39. The molecule has 18 heavy (non-hydrogen) atoms. The van der Waals surface area contributed by atoms with Crippen LogP contribution in [0.1, 0.15) is 76.8 Å². The lowest BCUT2D eigenvalue weighted by Gasteiger charge is -2.06. The second-order valence-corrected chi connectivity index (χ2v) is 4.85. The Kier molecular flexibility index (Phi) is 7.54. The van der Waals surface area contributed by atoms with Gasteiger partial charge in [0.25, 0.3) is 0 Å². The second kappa shape index (κ2) is 9.01. The quantitative estimate of drug-likeness (QED) is 0.623. The van der Waals surface area contributed by atoms with Crippen molar-refractivity contribution in [2.24, 2.45) is 0 Å². The van der Waals surface area contributed by atoms with Crippen molar-refractivity contribution in [3.8, 4) is 0 Å². The molecule has 0 aromatic carbocycles. The number of hydrogen-bond donors (Lipinski definition) is 0. The van der Waals surface area contributed by atoms with Gasteiger partial charge < -0.3 is 0 Å². The van der Waals surface area contributed by atoms with Crippen LogP contribution in [-0.4, -0.2) is 15.0 Å². The third-order valence-electron chi connectivity index (χ3n) is 3.10. The van der Waals surface area contributed by atoms with E-state index in [4.69, 9.17) is 0 Å². The van der Waals surface area contributed by atoms with E-state index in [1.54, 1.807) is 0 Å². The van der Waals surface area contributed by atoms with Crippen LogP contribution in [0.2, 0.25) is 0 Å². The topological polar surface area (TPSA) is 38.7 Å². The Bertz CT molecular complexity index is 308. The molecule has 0 radical (unpaired) electrons. The van der Waals surface area contributed by atoms with E-state index in [0.717, 1.165) is 36.7 Å². The predicted octanol–water partition coefficient (Wildman–Crippen LogP) is 3.90. The first kappa shape index (κ1) is 15.1. The van der Waals surface area contributed by atoms with Gasteiger partial charge in [-0.2, -0.15) is 0 Å². The lowest BCUT2D eigenvalue weighted by atomic mass is 10.2. The molecule has 0 saturated heterocycles. The van der Waals surface area contributed by atoms with Gasteiger partial charge in [0.05, 0.1) is 0 Å². The number of rotatable bonds is 9. The van der Waals surface area contributed by atoms with Gasteiger partial charge in [-0.25, -0.2) is 15.0 Å². The normalized spacial score (nSPS) is 10.8. The summed E-state index contributed by atoms with van der Waals surface area (Å²) in [6.07, 6.45) is 10.3. The van der Waals surface area contributed by atoms with Gasteiger partial charge in [0.2, 0.25) is 0 Å². The summed E-state index contributed by atoms with van der Waals surface area (Å²) in [5, 5.41) is 0. The SMILES string of the molecule is CCCCCc1nc(CC)nc(CCCCC)n1. The minimum atomic E-state index is 0.907. The molecule has 1 aromatic rings. The molecule has 0 atom stereocenters. The van der Waals surface area contributed by atoms with Crippen molar-refractivity contribution in [3.63, 3.8) is 0 Å². The van der Waals surface area contributed by atoms with Crippen LogP contribution in [0.25, 0.3) is 0 Å². The van der Waals surface area contributed by atoms with Gasteiger partial charge in [-0.05, 0) is 12.8 Å². The minimum absolute atomic E-state index is 0.907. The Morgan fingerprint density at radius 2 is 1.06 bits per heavy atom. The van der Waals surface area contributed by atoms with Crippen molar-refractivity contribution in [1.29, 1.82) is 0 Å². The molecule has 3 heteroatoms. The fourth-order valence-corrected chi connectivity index (χ4v) is 1.97. The molecule has 0 saturated carbocycles. The van der Waals surface area contributed by atoms with Crippen LogP contribution in [0.5, 0.6) is 0 Å². The molecule has 0 spiro atoms. The Morgan fingerprint density at radius 1 is 0.611 bits per heavy atom. The van der Waals surface area contributed by atoms with Gasteiger partial charge in [0, 0.05) is 19.3 Å². The molecule has 1 rings (SSSR count). The number of aryl methyl sites for hydroxylation is 3. The van der Waals surface area contributed by atoms with Gasteiger partial charge in [0.1, 0.15) is 17.5 Å². The van der Waals surface area contributed by atoms with E-state index in [9.17, 15) is 0 Å². The Balaban J connectivity index is 2.62. The third-order valence-corrected chi connectivity index (χ3v) is 3.10. The fourth-order valence-electron chi connectivity index (χ4n) is 1.97. The average molecular weight is 249 g/mol. The predicted molar refractivity (Wildman–Crippen MR) is 75.7 cm³/mol. The highest BCUT2D eigenvalue weighted by atomic mass is 15.0. The van der Waals surface area contributed by atoms with E-state index >= 15 is 0 Å². The molecule has 3 nitrogen and oxygen atoms in total. The first-order chi connectivity index (χ1) is 8.80. The number of aromatic nitrogens is 3. The molecule has 0 aliphatic rings. The summed E-state index contributed by atoms with van der Waals surface area (Å²) in [7, 11) is 0. The van der Waals surface area contributed by atoms with E-state index in [1.807, 2.05) is 0 Å². The molecule has 0 aliphatic carbocycles. The van der Waals surface area contributed by atoms with Crippen molar-refractivity contribution >= 4 is 0 Å². The van der Waals surface area contributed by atoms with Crippen molar-refractivity contribution in [2.75, 3.05) is 0 Å². The molecule has 0 N–H and O–H groups in total. The Hall–Kier alpha value is -0.990.